The fourth-order valence-electron chi connectivity index (χ4n) is 2.02. The minimum atomic E-state index is -0.364. The van der Waals surface area contributed by atoms with Gasteiger partial charge >= 0.3 is 0 Å². The largest absolute Gasteiger partial charge is 0.438 e. The number of likely N-dealkylation sites (tertiary alicyclic amines) is 1. The molecule has 1 amide bonds. The summed E-state index contributed by atoms with van der Waals surface area (Å²) in [6, 6.07) is -0.364. The monoisotopic (exact) mass is 238 g/mol. The lowest BCUT2D eigenvalue weighted by Crippen LogP contribution is -2.44. The zero-order valence-electron chi connectivity index (χ0n) is 9.46. The molecule has 0 radical (unpaired) electrons. The third kappa shape index (κ3) is 1.95. The zero-order valence-corrected chi connectivity index (χ0v) is 9.46. The number of hydrogen-bond acceptors (Lipinski definition) is 5. The molecule has 2 heterocycles. The third-order valence-electron chi connectivity index (χ3n) is 2.91. The molecule has 0 spiro atoms. The minimum absolute atomic E-state index is 0.0491. The van der Waals surface area contributed by atoms with Crippen molar-refractivity contribution in [3.63, 3.8) is 0 Å². The minimum Gasteiger partial charge on any atom is -0.438 e. The Kier molecular flexibility index (Phi) is 2.99. The molecule has 0 saturated carbocycles. The number of rotatable bonds is 2. The van der Waals surface area contributed by atoms with E-state index in [0.717, 1.165) is 6.42 Å². The van der Waals surface area contributed by atoms with E-state index >= 15 is 0 Å². The molecule has 0 bridgehead atoms. The highest BCUT2D eigenvalue weighted by Crippen LogP contribution is 2.21. The Morgan fingerprint density at radius 3 is 3.12 bits per heavy atom. The Hall–Kier alpha value is -2.05. The van der Waals surface area contributed by atoms with E-state index in [2.05, 4.69) is 10.1 Å². The van der Waals surface area contributed by atoms with Gasteiger partial charge in [-0.3, -0.25) is 4.79 Å². The average Bonchev–Trinajstić information content (AvgIpc) is 2.95. The van der Waals surface area contributed by atoms with Crippen molar-refractivity contribution < 1.29 is 14.4 Å². The van der Waals surface area contributed by atoms with Gasteiger partial charge in [0.15, 0.2) is 12.2 Å². The van der Waals surface area contributed by atoms with Crippen molar-refractivity contribution in [2.75, 3.05) is 6.54 Å². The number of aromatic nitrogens is 1. The Morgan fingerprint density at radius 2 is 2.53 bits per heavy atom. The summed E-state index contributed by atoms with van der Waals surface area (Å²) >= 11 is 0. The summed E-state index contributed by atoms with van der Waals surface area (Å²) in [5.74, 6) is -0.00948. The van der Waals surface area contributed by atoms with Crippen molar-refractivity contribution in [1.29, 1.82) is 0 Å². The van der Waals surface area contributed by atoms with Gasteiger partial charge in [0.1, 0.15) is 0 Å². The lowest BCUT2D eigenvalue weighted by atomic mass is 10.2. The Bertz CT molecular complexity index is 454. The number of amidine groups is 1. The van der Waals surface area contributed by atoms with E-state index in [4.69, 9.17) is 15.4 Å². The van der Waals surface area contributed by atoms with Crippen molar-refractivity contribution in [2.45, 2.75) is 25.8 Å². The van der Waals surface area contributed by atoms with Crippen LogP contribution in [0.4, 0.5) is 0 Å². The van der Waals surface area contributed by atoms with Crippen LogP contribution in [0, 0.1) is 6.92 Å². The second-order valence-electron chi connectivity index (χ2n) is 3.95. The number of oxime groups is 1. The maximum atomic E-state index is 12.2. The Balaban J connectivity index is 2.23. The maximum Gasteiger partial charge on any atom is 0.292 e. The fourth-order valence-corrected chi connectivity index (χ4v) is 2.02. The predicted molar refractivity (Wildman–Crippen MR) is 58.7 cm³/mol. The van der Waals surface area contributed by atoms with Crippen molar-refractivity contribution in [3.8, 4) is 0 Å². The predicted octanol–water partition coefficient (Wildman–Crippen LogP) is 0.334. The van der Waals surface area contributed by atoms with E-state index in [9.17, 15) is 4.79 Å². The maximum absolute atomic E-state index is 12.2. The zero-order chi connectivity index (χ0) is 12.4. The second-order valence-corrected chi connectivity index (χ2v) is 3.95. The van der Waals surface area contributed by atoms with Crippen LogP contribution >= 0.6 is 0 Å². The average molecular weight is 238 g/mol. The van der Waals surface area contributed by atoms with Gasteiger partial charge in [-0.05, 0) is 19.8 Å². The topological polar surface area (TPSA) is 105 Å². The molecule has 1 fully saturated rings. The van der Waals surface area contributed by atoms with Gasteiger partial charge < -0.3 is 20.3 Å². The molecule has 1 atom stereocenters. The van der Waals surface area contributed by atoms with Gasteiger partial charge in [0.05, 0.1) is 11.7 Å². The number of aryl methyl sites for hydroxylation is 1. The van der Waals surface area contributed by atoms with Crippen molar-refractivity contribution >= 4 is 11.7 Å². The summed E-state index contributed by atoms with van der Waals surface area (Å²) in [5.41, 5.74) is 6.10. The highest BCUT2D eigenvalue weighted by Gasteiger charge is 2.34. The summed E-state index contributed by atoms with van der Waals surface area (Å²) < 4.78 is 5.05. The standard InChI is InChI=1S/C10H14N4O3/c1-6-8(17-5-12-6)10(15)14-4-2-3-7(14)9(11)13-16/h5,7,16H,2-4H2,1H3,(H2,11,13). The molecule has 0 aromatic carbocycles. The molecule has 1 aromatic heterocycles. The molecule has 1 aliphatic heterocycles. The molecule has 0 aliphatic carbocycles. The summed E-state index contributed by atoms with van der Waals surface area (Å²) in [4.78, 5) is 17.6. The third-order valence-corrected chi connectivity index (χ3v) is 2.91. The molecular formula is C10H14N4O3. The van der Waals surface area contributed by atoms with E-state index < -0.39 is 0 Å². The van der Waals surface area contributed by atoms with Gasteiger partial charge in [0, 0.05) is 6.54 Å². The number of oxazole rings is 1. The van der Waals surface area contributed by atoms with Crippen molar-refractivity contribution in [3.05, 3.63) is 17.8 Å². The van der Waals surface area contributed by atoms with Crippen molar-refractivity contribution in [1.82, 2.24) is 9.88 Å². The first-order valence-electron chi connectivity index (χ1n) is 5.33. The highest BCUT2D eigenvalue weighted by atomic mass is 16.4. The number of carbonyl (C=O) groups excluding carboxylic acids is 1. The molecule has 1 aliphatic rings. The van der Waals surface area contributed by atoms with Crippen molar-refractivity contribution in [2.24, 2.45) is 10.9 Å². The molecular weight excluding hydrogens is 224 g/mol. The molecule has 2 rings (SSSR count). The van der Waals surface area contributed by atoms with E-state index in [1.807, 2.05) is 0 Å². The van der Waals surface area contributed by atoms with Crippen LogP contribution in [0.15, 0.2) is 16.0 Å². The van der Waals surface area contributed by atoms with Crippen LogP contribution in [0.3, 0.4) is 0 Å². The van der Waals surface area contributed by atoms with E-state index in [-0.39, 0.29) is 23.5 Å². The summed E-state index contributed by atoms with van der Waals surface area (Å²) in [6.07, 6.45) is 2.74. The molecule has 17 heavy (non-hydrogen) atoms. The first kappa shape index (κ1) is 11.4. The smallest absolute Gasteiger partial charge is 0.292 e. The van der Waals surface area contributed by atoms with Crippen LogP contribution in [-0.4, -0.2) is 39.4 Å². The summed E-state index contributed by atoms with van der Waals surface area (Å²) in [7, 11) is 0. The number of amides is 1. The first-order valence-corrected chi connectivity index (χ1v) is 5.33. The number of nitrogens with zero attached hydrogens (tertiary/aromatic N) is 3. The van der Waals surface area contributed by atoms with E-state index in [0.29, 0.717) is 18.7 Å². The molecule has 7 nitrogen and oxygen atoms in total. The SMILES string of the molecule is Cc1ncoc1C(=O)N1CCCC1C(N)=NO. The lowest BCUT2D eigenvalue weighted by molar-refractivity contribution is 0.0735. The van der Waals surface area contributed by atoms with Crippen LogP contribution in [0.5, 0.6) is 0 Å². The van der Waals surface area contributed by atoms with Gasteiger partial charge in [-0.1, -0.05) is 5.16 Å². The first-order chi connectivity index (χ1) is 8.15. The van der Waals surface area contributed by atoms with Crippen LogP contribution in [-0.2, 0) is 0 Å². The number of carbonyl (C=O) groups is 1. The number of hydrogen-bond donors (Lipinski definition) is 2. The molecule has 3 N–H and O–H groups in total. The second kappa shape index (κ2) is 4.44. The Labute approximate surface area is 97.9 Å². The van der Waals surface area contributed by atoms with Crippen LogP contribution in [0.25, 0.3) is 0 Å². The van der Waals surface area contributed by atoms with Gasteiger partial charge in [0.2, 0.25) is 5.76 Å². The number of nitrogens with two attached hydrogens (primary N) is 1. The highest BCUT2D eigenvalue weighted by molar-refractivity contribution is 5.97. The molecule has 7 heteroatoms. The molecule has 1 unspecified atom stereocenters. The van der Waals surface area contributed by atoms with Gasteiger partial charge in [0.25, 0.3) is 5.91 Å². The normalized spacial score (nSPS) is 20.9. The fraction of sp³-hybridized carbons (Fsp3) is 0.500. The molecule has 1 saturated heterocycles. The van der Waals surface area contributed by atoms with Gasteiger partial charge in [-0.25, -0.2) is 4.98 Å². The van der Waals surface area contributed by atoms with Gasteiger partial charge in [-0.15, -0.1) is 0 Å². The summed E-state index contributed by atoms with van der Waals surface area (Å²) in [6.45, 7) is 2.27. The molecule has 92 valence electrons. The van der Waals surface area contributed by atoms with Crippen LogP contribution < -0.4 is 5.73 Å². The van der Waals surface area contributed by atoms with Crippen LogP contribution in [0.2, 0.25) is 0 Å². The molecule has 1 aromatic rings. The van der Waals surface area contributed by atoms with Crippen LogP contribution in [0.1, 0.15) is 29.1 Å². The quantitative estimate of drug-likeness (QED) is 0.334. The Morgan fingerprint density at radius 1 is 1.76 bits per heavy atom. The van der Waals surface area contributed by atoms with E-state index in [1.165, 1.54) is 6.39 Å². The summed E-state index contributed by atoms with van der Waals surface area (Å²) in [5, 5.41) is 11.6. The van der Waals surface area contributed by atoms with Gasteiger partial charge in [-0.2, -0.15) is 0 Å². The van der Waals surface area contributed by atoms with E-state index in [1.54, 1.807) is 11.8 Å². The lowest BCUT2D eigenvalue weighted by Gasteiger charge is -2.22.